The monoisotopic (exact) mass is 393 g/mol. The number of fused-ring (bicyclic) bond motifs is 1. The summed E-state index contributed by atoms with van der Waals surface area (Å²) in [5.74, 6) is 0. The number of aromatic nitrogens is 2. The van der Waals surface area contributed by atoms with Gasteiger partial charge >= 0.3 is 0 Å². The Hall–Kier alpha value is -2.50. The lowest BCUT2D eigenvalue weighted by Crippen LogP contribution is -2.15. The highest BCUT2D eigenvalue weighted by atomic mass is 79.9. The van der Waals surface area contributed by atoms with Crippen molar-refractivity contribution in [1.29, 1.82) is 0 Å². The van der Waals surface area contributed by atoms with Gasteiger partial charge < -0.3 is 10.3 Å². The Morgan fingerprint density at radius 2 is 1.76 bits per heavy atom. The highest BCUT2D eigenvalue weighted by Gasteiger charge is 2.18. The van der Waals surface area contributed by atoms with Crippen LogP contribution in [0.1, 0.15) is 17.3 Å². The molecule has 4 rings (SSSR count). The average molecular weight is 394 g/mol. The Bertz CT molecular complexity index is 1030. The fourth-order valence-electron chi connectivity index (χ4n) is 3.02. The molecule has 4 aromatic rings. The predicted molar refractivity (Wildman–Crippen MR) is 102 cm³/mol. The Labute approximate surface area is 153 Å². The smallest absolute Gasteiger partial charge is 0.167 e. The Morgan fingerprint density at radius 1 is 0.960 bits per heavy atom. The van der Waals surface area contributed by atoms with E-state index < -0.39 is 0 Å². The molecule has 0 fully saturated rings. The Morgan fingerprint density at radius 3 is 2.64 bits per heavy atom. The number of nitrogens with two attached hydrogens (primary N) is 1. The van der Waals surface area contributed by atoms with Gasteiger partial charge in [-0.2, -0.15) is 0 Å². The summed E-state index contributed by atoms with van der Waals surface area (Å²) in [6, 6.07) is 21.6. The third-order valence-corrected chi connectivity index (χ3v) is 4.64. The number of hydrogen-bond donors (Lipinski definition) is 1. The zero-order valence-corrected chi connectivity index (χ0v) is 15.0. The molecule has 2 N–H and O–H groups in total. The lowest BCUT2D eigenvalue weighted by atomic mass is 9.94. The van der Waals surface area contributed by atoms with Gasteiger partial charge in [0.1, 0.15) is 10.3 Å². The van der Waals surface area contributed by atoms with E-state index >= 15 is 0 Å². The van der Waals surface area contributed by atoms with Crippen LogP contribution in [0, 0.1) is 0 Å². The van der Waals surface area contributed by atoms with Crippen LogP contribution in [0.3, 0.4) is 0 Å². The van der Waals surface area contributed by atoms with Crippen LogP contribution < -0.4 is 5.73 Å². The number of nitrogens with zero attached hydrogens (tertiary/aromatic N) is 2. The van der Waals surface area contributed by atoms with E-state index in [1.807, 2.05) is 66.7 Å². The van der Waals surface area contributed by atoms with Gasteiger partial charge in [0.25, 0.3) is 0 Å². The van der Waals surface area contributed by atoms with Crippen molar-refractivity contribution in [2.24, 2.45) is 5.73 Å². The Kier molecular flexibility index (Phi) is 4.34. The first-order valence-corrected chi connectivity index (χ1v) is 8.82. The molecule has 2 heterocycles. The van der Waals surface area contributed by atoms with Crippen molar-refractivity contribution < 1.29 is 4.52 Å². The lowest BCUT2D eigenvalue weighted by molar-refractivity contribution is 0.459. The van der Waals surface area contributed by atoms with Crippen LogP contribution in [0.4, 0.5) is 0 Å². The molecule has 0 saturated carbocycles. The van der Waals surface area contributed by atoms with Crippen LogP contribution in [-0.4, -0.2) is 10.1 Å². The summed E-state index contributed by atoms with van der Waals surface area (Å²) < 4.78 is 6.28. The zero-order valence-electron chi connectivity index (χ0n) is 13.4. The first kappa shape index (κ1) is 16.0. The van der Waals surface area contributed by atoms with Crippen molar-refractivity contribution in [2.75, 3.05) is 0 Å². The maximum atomic E-state index is 6.51. The topological polar surface area (TPSA) is 64.9 Å². The largest absolute Gasteiger partial charge is 0.356 e. The molecule has 0 saturated heterocycles. The summed E-state index contributed by atoms with van der Waals surface area (Å²) in [6.45, 7) is 0. The van der Waals surface area contributed by atoms with E-state index in [0.29, 0.717) is 6.42 Å². The number of benzene rings is 2. The second kappa shape index (κ2) is 6.78. The van der Waals surface area contributed by atoms with Crippen molar-refractivity contribution in [2.45, 2.75) is 12.5 Å². The standard InChI is InChI=1S/C20H16BrN3O/c21-19-11-5-6-13(23-19)12-17(22)14-7-1-2-8-15(14)20-16-9-3-4-10-18(16)25-24-20/h1-11,17H,12,22H2/t17-/m0/s1. The van der Waals surface area contributed by atoms with Gasteiger partial charge in [-0.15, -0.1) is 0 Å². The first-order chi connectivity index (χ1) is 12.2. The molecule has 0 aliphatic heterocycles. The van der Waals surface area contributed by atoms with Crippen LogP contribution in [0.15, 0.2) is 75.9 Å². The number of hydrogen-bond acceptors (Lipinski definition) is 4. The summed E-state index contributed by atoms with van der Waals surface area (Å²) in [6.07, 6.45) is 0.645. The summed E-state index contributed by atoms with van der Waals surface area (Å²) >= 11 is 3.41. The quantitative estimate of drug-likeness (QED) is 0.501. The number of para-hydroxylation sites is 1. The summed E-state index contributed by atoms with van der Waals surface area (Å²) in [4.78, 5) is 4.48. The van der Waals surface area contributed by atoms with E-state index in [9.17, 15) is 0 Å². The average Bonchev–Trinajstić information content (AvgIpc) is 3.06. The zero-order chi connectivity index (χ0) is 17.2. The normalized spacial score (nSPS) is 12.4. The minimum atomic E-state index is -0.187. The van der Waals surface area contributed by atoms with Gasteiger partial charge in [-0.1, -0.05) is 47.6 Å². The first-order valence-electron chi connectivity index (χ1n) is 8.03. The molecule has 5 heteroatoms. The number of pyridine rings is 1. The van der Waals surface area contributed by atoms with Crippen molar-refractivity contribution in [1.82, 2.24) is 10.1 Å². The van der Waals surface area contributed by atoms with Gasteiger partial charge in [-0.3, -0.25) is 0 Å². The van der Waals surface area contributed by atoms with Gasteiger partial charge in [-0.05, 0) is 45.8 Å². The van der Waals surface area contributed by atoms with E-state index in [2.05, 4.69) is 26.1 Å². The highest BCUT2D eigenvalue weighted by Crippen LogP contribution is 2.33. The van der Waals surface area contributed by atoms with E-state index in [4.69, 9.17) is 10.3 Å². The van der Waals surface area contributed by atoms with Crippen molar-refractivity contribution in [3.63, 3.8) is 0 Å². The molecule has 0 spiro atoms. The minimum Gasteiger partial charge on any atom is -0.356 e. The number of halogens is 1. The number of rotatable bonds is 4. The molecule has 0 bridgehead atoms. The van der Waals surface area contributed by atoms with Gasteiger partial charge in [0.2, 0.25) is 0 Å². The van der Waals surface area contributed by atoms with Gasteiger partial charge in [0, 0.05) is 29.1 Å². The summed E-state index contributed by atoms with van der Waals surface area (Å²) in [7, 11) is 0. The maximum Gasteiger partial charge on any atom is 0.167 e. The summed E-state index contributed by atoms with van der Waals surface area (Å²) in [5.41, 5.74) is 11.1. The molecule has 25 heavy (non-hydrogen) atoms. The molecule has 2 aromatic carbocycles. The van der Waals surface area contributed by atoms with Crippen molar-refractivity contribution in [3.05, 3.63) is 82.6 Å². The van der Waals surface area contributed by atoms with Crippen LogP contribution >= 0.6 is 15.9 Å². The molecule has 124 valence electrons. The molecule has 1 atom stereocenters. The predicted octanol–water partition coefficient (Wildman–Crippen LogP) is 4.89. The summed E-state index contributed by atoms with van der Waals surface area (Å²) in [5, 5.41) is 5.26. The second-order valence-corrected chi connectivity index (χ2v) is 6.69. The highest BCUT2D eigenvalue weighted by molar-refractivity contribution is 9.10. The van der Waals surface area contributed by atoms with Crippen molar-refractivity contribution in [3.8, 4) is 11.3 Å². The lowest BCUT2D eigenvalue weighted by Gasteiger charge is -2.15. The fraction of sp³-hybridized carbons (Fsp3) is 0.100. The molecule has 0 aliphatic carbocycles. The maximum absolute atomic E-state index is 6.51. The third kappa shape index (κ3) is 3.21. The van der Waals surface area contributed by atoms with Gasteiger partial charge in [0.15, 0.2) is 5.58 Å². The van der Waals surface area contributed by atoms with E-state index in [0.717, 1.165) is 38.1 Å². The molecular formula is C20H16BrN3O. The van der Waals surface area contributed by atoms with E-state index in [1.165, 1.54) is 0 Å². The Balaban J connectivity index is 1.74. The molecule has 0 unspecified atom stereocenters. The molecular weight excluding hydrogens is 378 g/mol. The molecule has 0 aliphatic rings. The van der Waals surface area contributed by atoms with Crippen LogP contribution in [0.2, 0.25) is 0 Å². The SMILES string of the molecule is N[C@@H](Cc1cccc(Br)n1)c1ccccc1-c1noc2ccccc12. The molecule has 0 radical (unpaired) electrons. The van der Waals surface area contributed by atoms with Crippen LogP contribution in [0.25, 0.3) is 22.2 Å². The molecule has 0 amide bonds. The molecule has 2 aromatic heterocycles. The van der Waals surface area contributed by atoms with Crippen LogP contribution in [0.5, 0.6) is 0 Å². The van der Waals surface area contributed by atoms with E-state index in [1.54, 1.807) is 0 Å². The van der Waals surface area contributed by atoms with Crippen LogP contribution in [-0.2, 0) is 6.42 Å². The van der Waals surface area contributed by atoms with Crippen molar-refractivity contribution >= 4 is 26.9 Å². The molecule has 4 nitrogen and oxygen atoms in total. The van der Waals surface area contributed by atoms with Gasteiger partial charge in [0.05, 0.1) is 0 Å². The third-order valence-electron chi connectivity index (χ3n) is 4.19. The van der Waals surface area contributed by atoms with Gasteiger partial charge in [-0.25, -0.2) is 4.98 Å². The second-order valence-electron chi connectivity index (χ2n) is 5.88. The van der Waals surface area contributed by atoms with E-state index in [-0.39, 0.29) is 6.04 Å². The fourth-order valence-corrected chi connectivity index (χ4v) is 3.40. The minimum absolute atomic E-state index is 0.187.